The molecule has 0 aromatic carbocycles. The molecule has 1 atom stereocenters. The maximum atomic E-state index is 12.5. The van der Waals surface area contributed by atoms with Gasteiger partial charge in [0.2, 0.25) is 0 Å². The van der Waals surface area contributed by atoms with Crippen LogP contribution in [-0.4, -0.2) is 40.8 Å². The second kappa shape index (κ2) is 5.16. The van der Waals surface area contributed by atoms with Crippen molar-refractivity contribution in [2.75, 3.05) is 25.4 Å². The van der Waals surface area contributed by atoms with Gasteiger partial charge in [0.05, 0.1) is 0 Å². The Bertz CT molecular complexity index is 324. The second-order valence-corrected chi connectivity index (χ2v) is 8.98. The Balaban J connectivity index is 1.95. The van der Waals surface area contributed by atoms with Gasteiger partial charge in [0.25, 0.3) is 0 Å². The van der Waals surface area contributed by atoms with Crippen LogP contribution in [0, 0.1) is 11.3 Å². The molecule has 3 heteroatoms. The molecule has 1 saturated carbocycles. The minimum Gasteiger partial charge on any atom is -0.300 e. The molecule has 0 bridgehead atoms. The lowest BCUT2D eigenvalue weighted by atomic mass is 9.71. The van der Waals surface area contributed by atoms with Crippen LogP contribution in [0.25, 0.3) is 0 Å². The zero-order chi connectivity index (χ0) is 13.4. The van der Waals surface area contributed by atoms with Gasteiger partial charge in [-0.25, -0.2) is 0 Å². The van der Waals surface area contributed by atoms with Crippen molar-refractivity contribution in [2.24, 2.45) is 11.3 Å². The van der Waals surface area contributed by atoms with E-state index in [0.29, 0.717) is 10.5 Å². The molecule has 0 aromatic heterocycles. The first-order chi connectivity index (χ1) is 8.30. The molecular weight excluding hydrogens is 242 g/mol. The molecule has 104 valence electrons. The lowest BCUT2D eigenvalue weighted by molar-refractivity contribution is -0.135. The Morgan fingerprint density at radius 2 is 2.06 bits per heavy atom. The zero-order valence-electron chi connectivity index (χ0n) is 12.3. The van der Waals surface area contributed by atoms with E-state index in [0.717, 1.165) is 32.5 Å². The Morgan fingerprint density at radius 1 is 1.33 bits per heavy atom. The summed E-state index contributed by atoms with van der Waals surface area (Å²) >= 11 is 2.06. The molecule has 1 heterocycles. The number of thioether (sulfide) groups is 1. The molecule has 1 saturated heterocycles. The number of rotatable bonds is 2. The number of carbonyl (C=O) groups is 1. The largest absolute Gasteiger partial charge is 0.300 e. The average Bonchev–Trinajstić information content (AvgIpc) is 2.23. The second-order valence-electron chi connectivity index (χ2n) is 7.18. The summed E-state index contributed by atoms with van der Waals surface area (Å²) in [4.78, 5) is 15.0. The zero-order valence-corrected chi connectivity index (χ0v) is 13.1. The van der Waals surface area contributed by atoms with Gasteiger partial charge in [0, 0.05) is 41.5 Å². The van der Waals surface area contributed by atoms with Gasteiger partial charge in [0.15, 0.2) is 0 Å². The molecule has 2 fully saturated rings. The molecule has 1 aliphatic carbocycles. The van der Waals surface area contributed by atoms with Crippen LogP contribution in [0.1, 0.15) is 47.0 Å². The number of nitrogens with zero attached hydrogens (tertiary/aromatic N) is 1. The smallest absolute Gasteiger partial charge is 0.142 e. The SMILES string of the molecule is CC1(C)CN(CC2CCCC(C)(C)C2=O)CCS1. The van der Waals surface area contributed by atoms with E-state index in [1.807, 2.05) is 0 Å². The maximum absolute atomic E-state index is 12.5. The highest BCUT2D eigenvalue weighted by molar-refractivity contribution is 8.00. The van der Waals surface area contributed by atoms with Crippen molar-refractivity contribution in [3.05, 3.63) is 0 Å². The molecule has 2 aliphatic rings. The number of ketones is 1. The molecule has 2 nitrogen and oxygen atoms in total. The lowest BCUT2D eigenvalue weighted by Gasteiger charge is -2.41. The highest BCUT2D eigenvalue weighted by Gasteiger charge is 2.38. The van der Waals surface area contributed by atoms with Crippen LogP contribution in [0.5, 0.6) is 0 Å². The molecule has 0 amide bonds. The highest BCUT2D eigenvalue weighted by Crippen LogP contribution is 2.37. The molecule has 0 radical (unpaired) electrons. The van der Waals surface area contributed by atoms with Crippen molar-refractivity contribution in [2.45, 2.75) is 51.7 Å². The first-order valence-corrected chi connectivity index (χ1v) is 8.19. The fraction of sp³-hybridized carbons (Fsp3) is 0.933. The first kappa shape index (κ1) is 14.4. The molecule has 1 aliphatic heterocycles. The monoisotopic (exact) mass is 269 g/mol. The van der Waals surface area contributed by atoms with Crippen molar-refractivity contribution in [3.63, 3.8) is 0 Å². The minimum atomic E-state index is -0.0804. The summed E-state index contributed by atoms with van der Waals surface area (Å²) in [5.41, 5.74) is -0.0804. The summed E-state index contributed by atoms with van der Waals surface area (Å²) in [5.74, 6) is 1.99. The molecule has 0 N–H and O–H groups in total. The van der Waals surface area contributed by atoms with E-state index in [1.54, 1.807) is 0 Å². The van der Waals surface area contributed by atoms with Gasteiger partial charge in [-0.2, -0.15) is 11.8 Å². The van der Waals surface area contributed by atoms with Gasteiger partial charge in [-0.15, -0.1) is 0 Å². The van der Waals surface area contributed by atoms with E-state index in [4.69, 9.17) is 0 Å². The van der Waals surface area contributed by atoms with Gasteiger partial charge >= 0.3 is 0 Å². The minimum absolute atomic E-state index is 0.0804. The third-order valence-electron chi connectivity index (χ3n) is 4.38. The van der Waals surface area contributed by atoms with Crippen molar-refractivity contribution >= 4 is 17.5 Å². The van der Waals surface area contributed by atoms with Crippen LogP contribution in [0.3, 0.4) is 0 Å². The van der Waals surface area contributed by atoms with Crippen LogP contribution in [0.2, 0.25) is 0 Å². The van der Waals surface area contributed by atoms with Crippen LogP contribution >= 0.6 is 11.8 Å². The maximum Gasteiger partial charge on any atom is 0.142 e. The number of hydrogen-bond donors (Lipinski definition) is 0. The van der Waals surface area contributed by atoms with E-state index in [-0.39, 0.29) is 11.3 Å². The van der Waals surface area contributed by atoms with Crippen molar-refractivity contribution in [1.82, 2.24) is 4.90 Å². The summed E-state index contributed by atoms with van der Waals surface area (Å²) in [6.45, 7) is 12.1. The van der Waals surface area contributed by atoms with E-state index in [1.165, 1.54) is 12.2 Å². The van der Waals surface area contributed by atoms with Crippen LogP contribution in [-0.2, 0) is 4.79 Å². The predicted molar refractivity (Wildman–Crippen MR) is 79.1 cm³/mol. The summed E-state index contributed by atoms with van der Waals surface area (Å²) in [6, 6.07) is 0. The molecule has 18 heavy (non-hydrogen) atoms. The number of hydrogen-bond acceptors (Lipinski definition) is 3. The van der Waals surface area contributed by atoms with E-state index >= 15 is 0 Å². The van der Waals surface area contributed by atoms with Crippen LogP contribution in [0.15, 0.2) is 0 Å². The summed E-state index contributed by atoms with van der Waals surface area (Å²) in [5, 5.41) is 0. The molecular formula is C15H27NOS. The number of Topliss-reactive ketones (excluding diaryl/α,β-unsaturated/α-hetero) is 1. The predicted octanol–water partition coefficient (Wildman–Crippen LogP) is 3.21. The summed E-state index contributed by atoms with van der Waals surface area (Å²) in [7, 11) is 0. The normalized spacial score (nSPS) is 32.4. The third-order valence-corrected chi connectivity index (χ3v) is 5.67. The van der Waals surface area contributed by atoms with Crippen molar-refractivity contribution in [3.8, 4) is 0 Å². The van der Waals surface area contributed by atoms with E-state index < -0.39 is 0 Å². The Labute approximate surface area is 116 Å². The molecule has 0 spiro atoms. The third kappa shape index (κ3) is 3.30. The Hall–Kier alpha value is -0.0200. The average molecular weight is 269 g/mol. The first-order valence-electron chi connectivity index (χ1n) is 7.21. The fourth-order valence-electron chi connectivity index (χ4n) is 3.35. The quantitative estimate of drug-likeness (QED) is 0.768. The Morgan fingerprint density at radius 3 is 2.72 bits per heavy atom. The van der Waals surface area contributed by atoms with Crippen molar-refractivity contribution in [1.29, 1.82) is 0 Å². The van der Waals surface area contributed by atoms with Crippen molar-refractivity contribution < 1.29 is 4.79 Å². The van der Waals surface area contributed by atoms with Gasteiger partial charge in [-0.1, -0.05) is 20.3 Å². The van der Waals surface area contributed by atoms with Gasteiger partial charge in [-0.3, -0.25) is 4.79 Å². The fourth-order valence-corrected chi connectivity index (χ4v) is 4.53. The highest BCUT2D eigenvalue weighted by atomic mass is 32.2. The van der Waals surface area contributed by atoms with E-state index in [2.05, 4.69) is 44.4 Å². The lowest BCUT2D eigenvalue weighted by Crippen LogP contribution is -2.48. The topological polar surface area (TPSA) is 20.3 Å². The summed E-state index contributed by atoms with van der Waals surface area (Å²) < 4.78 is 0.353. The van der Waals surface area contributed by atoms with E-state index in [9.17, 15) is 4.79 Å². The number of carbonyl (C=O) groups excluding carboxylic acids is 1. The molecule has 0 aromatic rings. The standard InChI is InChI=1S/C15H27NOS/c1-14(2)7-5-6-12(13(14)17)10-16-8-9-18-15(3,4)11-16/h12H,5-11H2,1-4H3. The van der Waals surface area contributed by atoms with Gasteiger partial charge in [-0.05, 0) is 26.7 Å². The summed E-state index contributed by atoms with van der Waals surface area (Å²) in [6.07, 6.45) is 3.39. The molecule has 2 rings (SSSR count). The molecule has 1 unspecified atom stereocenters. The van der Waals surface area contributed by atoms with Gasteiger partial charge < -0.3 is 4.90 Å². The van der Waals surface area contributed by atoms with Crippen LogP contribution < -0.4 is 0 Å². The Kier molecular flexibility index (Phi) is 4.13. The van der Waals surface area contributed by atoms with Gasteiger partial charge in [0.1, 0.15) is 5.78 Å². The van der Waals surface area contributed by atoms with Crippen LogP contribution in [0.4, 0.5) is 0 Å².